The third-order valence-corrected chi connectivity index (χ3v) is 3.74. The second kappa shape index (κ2) is 6.50. The van der Waals surface area contributed by atoms with E-state index in [4.69, 9.17) is 4.74 Å². The first-order valence-corrected chi connectivity index (χ1v) is 7.43. The van der Waals surface area contributed by atoms with Gasteiger partial charge in [-0.25, -0.2) is 0 Å². The van der Waals surface area contributed by atoms with Crippen LogP contribution in [0, 0.1) is 0 Å². The van der Waals surface area contributed by atoms with E-state index in [-0.39, 0.29) is 0 Å². The minimum atomic E-state index is -4.33. The highest BCUT2D eigenvalue weighted by molar-refractivity contribution is 5.50. The van der Waals surface area contributed by atoms with Crippen molar-refractivity contribution in [2.75, 3.05) is 31.1 Å². The second-order valence-corrected chi connectivity index (χ2v) is 5.36. The molecule has 3 rings (SSSR count). The average molecular weight is 322 g/mol. The van der Waals surface area contributed by atoms with Gasteiger partial charge in [0, 0.05) is 31.9 Å². The normalized spacial score (nSPS) is 15.5. The monoisotopic (exact) mass is 322 g/mol. The van der Waals surface area contributed by atoms with Crippen molar-refractivity contribution in [2.24, 2.45) is 0 Å². The van der Waals surface area contributed by atoms with Crippen LogP contribution >= 0.6 is 0 Å². The maximum absolute atomic E-state index is 12.5. The largest absolute Gasteiger partial charge is 0.457 e. The Bertz CT molecular complexity index is 632. The fourth-order valence-corrected chi connectivity index (χ4v) is 2.50. The predicted octanol–water partition coefficient (Wildman–Crippen LogP) is 3.91. The molecule has 1 fully saturated rings. The molecule has 1 heterocycles. The van der Waals surface area contributed by atoms with Crippen molar-refractivity contribution < 1.29 is 17.9 Å². The van der Waals surface area contributed by atoms with Gasteiger partial charge in [0.25, 0.3) is 0 Å². The quantitative estimate of drug-likeness (QED) is 0.927. The Balaban J connectivity index is 1.66. The van der Waals surface area contributed by atoms with Crippen molar-refractivity contribution in [3.8, 4) is 11.5 Å². The van der Waals surface area contributed by atoms with Crippen molar-refractivity contribution in [3.05, 3.63) is 54.1 Å². The molecule has 0 saturated carbocycles. The molecule has 0 radical (unpaired) electrons. The molecule has 122 valence electrons. The van der Waals surface area contributed by atoms with Gasteiger partial charge >= 0.3 is 6.18 Å². The van der Waals surface area contributed by atoms with Crippen molar-refractivity contribution in [2.45, 2.75) is 6.18 Å². The summed E-state index contributed by atoms with van der Waals surface area (Å²) in [5.41, 5.74) is 0.435. The van der Waals surface area contributed by atoms with Gasteiger partial charge < -0.3 is 15.0 Å². The van der Waals surface area contributed by atoms with Gasteiger partial charge in [0.15, 0.2) is 0 Å². The van der Waals surface area contributed by atoms with E-state index >= 15 is 0 Å². The minimum Gasteiger partial charge on any atom is -0.457 e. The first kappa shape index (κ1) is 15.7. The number of anilines is 1. The molecule has 1 saturated heterocycles. The number of ether oxygens (including phenoxy) is 1. The van der Waals surface area contributed by atoms with Crippen LogP contribution in [0.15, 0.2) is 48.5 Å². The lowest BCUT2D eigenvalue weighted by atomic mass is 10.2. The molecule has 6 heteroatoms. The smallest absolute Gasteiger partial charge is 0.416 e. The summed E-state index contributed by atoms with van der Waals surface area (Å²) in [6, 6.07) is 12.3. The molecule has 0 spiro atoms. The first-order valence-electron chi connectivity index (χ1n) is 7.43. The second-order valence-electron chi connectivity index (χ2n) is 5.36. The number of benzene rings is 2. The number of alkyl halides is 3. The van der Waals surface area contributed by atoms with Crippen LogP contribution in [0.3, 0.4) is 0 Å². The SMILES string of the molecule is FC(F)(F)c1ccc(Oc2ccc(N3CCNCC3)cc2)cc1. The lowest BCUT2D eigenvalue weighted by Gasteiger charge is -2.29. The molecule has 23 heavy (non-hydrogen) atoms. The Hall–Kier alpha value is -2.21. The van der Waals surface area contributed by atoms with Crippen LogP contribution in [0.4, 0.5) is 18.9 Å². The number of hydrogen-bond donors (Lipinski definition) is 1. The summed E-state index contributed by atoms with van der Waals surface area (Å²) < 4.78 is 43.1. The van der Waals surface area contributed by atoms with Crippen LogP contribution in [0.1, 0.15) is 5.56 Å². The van der Waals surface area contributed by atoms with Crippen LogP contribution in [-0.2, 0) is 6.18 Å². The topological polar surface area (TPSA) is 24.5 Å². The Labute approximate surface area is 132 Å². The van der Waals surface area contributed by atoms with Gasteiger partial charge in [-0.1, -0.05) is 0 Å². The Morgan fingerprint density at radius 2 is 1.35 bits per heavy atom. The highest BCUT2D eigenvalue weighted by Crippen LogP contribution is 2.31. The predicted molar refractivity (Wildman–Crippen MR) is 83.0 cm³/mol. The maximum Gasteiger partial charge on any atom is 0.416 e. The lowest BCUT2D eigenvalue weighted by Crippen LogP contribution is -2.43. The summed E-state index contributed by atoms with van der Waals surface area (Å²) in [6.45, 7) is 3.84. The molecule has 0 aromatic heterocycles. The van der Waals surface area contributed by atoms with E-state index in [0.29, 0.717) is 11.5 Å². The molecule has 0 bridgehead atoms. The summed E-state index contributed by atoms with van der Waals surface area (Å²) in [5.74, 6) is 0.983. The van der Waals surface area contributed by atoms with Crippen molar-refractivity contribution in [3.63, 3.8) is 0 Å². The van der Waals surface area contributed by atoms with Crippen LogP contribution in [0.5, 0.6) is 11.5 Å². The van der Waals surface area contributed by atoms with E-state index in [9.17, 15) is 13.2 Å². The Morgan fingerprint density at radius 1 is 0.826 bits per heavy atom. The third kappa shape index (κ3) is 3.96. The summed E-state index contributed by atoms with van der Waals surface area (Å²) >= 11 is 0. The van der Waals surface area contributed by atoms with Crippen molar-refractivity contribution in [1.29, 1.82) is 0 Å². The Morgan fingerprint density at radius 3 is 1.87 bits per heavy atom. The molecule has 2 aromatic rings. The van der Waals surface area contributed by atoms with E-state index in [1.807, 2.05) is 24.3 Å². The fraction of sp³-hybridized carbons (Fsp3) is 0.294. The molecular formula is C17H17F3N2O. The van der Waals surface area contributed by atoms with Gasteiger partial charge in [-0.2, -0.15) is 13.2 Å². The molecule has 1 aliphatic heterocycles. The summed E-state index contributed by atoms with van der Waals surface area (Å²) in [7, 11) is 0. The lowest BCUT2D eigenvalue weighted by molar-refractivity contribution is -0.137. The molecule has 0 aliphatic carbocycles. The zero-order valence-electron chi connectivity index (χ0n) is 12.4. The van der Waals surface area contributed by atoms with Crippen molar-refractivity contribution in [1.82, 2.24) is 5.32 Å². The van der Waals surface area contributed by atoms with Gasteiger partial charge in [-0.3, -0.25) is 0 Å². The number of piperazine rings is 1. The van der Waals surface area contributed by atoms with Gasteiger partial charge in [-0.15, -0.1) is 0 Å². The number of hydrogen-bond acceptors (Lipinski definition) is 3. The van der Waals surface area contributed by atoms with E-state index in [0.717, 1.165) is 44.0 Å². The van der Waals surface area contributed by atoms with Crippen LogP contribution in [-0.4, -0.2) is 26.2 Å². The average Bonchev–Trinajstić information content (AvgIpc) is 2.56. The van der Waals surface area contributed by atoms with E-state index in [1.165, 1.54) is 12.1 Å². The maximum atomic E-state index is 12.5. The van der Waals surface area contributed by atoms with Crippen molar-refractivity contribution >= 4 is 5.69 Å². The molecule has 1 aliphatic rings. The Kier molecular flexibility index (Phi) is 4.43. The van der Waals surface area contributed by atoms with E-state index in [1.54, 1.807) is 0 Å². The third-order valence-electron chi connectivity index (χ3n) is 3.74. The minimum absolute atomic E-state index is 0.382. The van der Waals surface area contributed by atoms with Gasteiger partial charge in [-0.05, 0) is 48.5 Å². The van der Waals surface area contributed by atoms with Crippen LogP contribution in [0.25, 0.3) is 0 Å². The number of halogens is 3. The molecule has 0 amide bonds. The summed E-state index contributed by atoms with van der Waals surface area (Å²) in [6.07, 6.45) is -4.33. The zero-order chi connectivity index (χ0) is 16.3. The van der Waals surface area contributed by atoms with Gasteiger partial charge in [0.2, 0.25) is 0 Å². The van der Waals surface area contributed by atoms with Crippen LogP contribution in [0.2, 0.25) is 0 Å². The standard InChI is InChI=1S/C17H17F3N2O/c18-17(19,20)13-1-5-15(6-2-13)23-16-7-3-14(4-8-16)22-11-9-21-10-12-22/h1-8,21H,9-12H2. The first-order chi connectivity index (χ1) is 11.0. The highest BCUT2D eigenvalue weighted by atomic mass is 19.4. The summed E-state index contributed by atoms with van der Waals surface area (Å²) in [4.78, 5) is 2.28. The highest BCUT2D eigenvalue weighted by Gasteiger charge is 2.30. The van der Waals surface area contributed by atoms with Crippen LogP contribution < -0.4 is 15.0 Å². The molecule has 0 unspecified atom stereocenters. The summed E-state index contributed by atoms with van der Waals surface area (Å²) in [5, 5.41) is 3.30. The number of nitrogens with zero attached hydrogens (tertiary/aromatic N) is 1. The van der Waals surface area contributed by atoms with E-state index in [2.05, 4.69) is 10.2 Å². The van der Waals surface area contributed by atoms with E-state index < -0.39 is 11.7 Å². The molecular weight excluding hydrogens is 305 g/mol. The van der Waals surface area contributed by atoms with Gasteiger partial charge in [0.05, 0.1) is 5.56 Å². The molecule has 3 nitrogen and oxygen atoms in total. The molecule has 1 N–H and O–H groups in total. The molecule has 0 atom stereocenters. The molecule has 2 aromatic carbocycles. The fourth-order valence-electron chi connectivity index (χ4n) is 2.50. The number of nitrogens with one attached hydrogen (secondary N) is 1. The van der Waals surface area contributed by atoms with Gasteiger partial charge in [0.1, 0.15) is 11.5 Å². The zero-order valence-corrected chi connectivity index (χ0v) is 12.4. The number of rotatable bonds is 3.